The van der Waals surface area contributed by atoms with Crippen molar-refractivity contribution in [2.45, 2.75) is 32.0 Å². The maximum atomic E-state index is 5.35. The molecule has 1 aliphatic heterocycles. The van der Waals surface area contributed by atoms with Crippen molar-refractivity contribution in [3.05, 3.63) is 42.4 Å². The van der Waals surface area contributed by atoms with E-state index in [-0.39, 0.29) is 0 Å². The van der Waals surface area contributed by atoms with Crippen molar-refractivity contribution < 1.29 is 4.42 Å². The Balaban J connectivity index is 1.65. The fraction of sp³-hybridized carbons (Fsp3) is 0.438. The number of aromatic nitrogens is 1. The lowest BCUT2D eigenvalue weighted by molar-refractivity contribution is 0.300. The summed E-state index contributed by atoms with van der Waals surface area (Å²) >= 11 is 0. The number of hydrogen-bond donors (Lipinski definition) is 1. The number of oxazole rings is 1. The molecule has 1 aliphatic rings. The highest BCUT2D eigenvalue weighted by Crippen LogP contribution is 2.20. The van der Waals surface area contributed by atoms with Crippen LogP contribution in [-0.2, 0) is 6.54 Å². The molecule has 0 amide bonds. The molecule has 2 atom stereocenters. The summed E-state index contributed by atoms with van der Waals surface area (Å²) in [6.45, 7) is 4.36. The molecule has 4 heteroatoms. The van der Waals surface area contributed by atoms with Crippen LogP contribution in [0, 0.1) is 0 Å². The van der Waals surface area contributed by atoms with Crippen LogP contribution in [0.3, 0.4) is 0 Å². The third kappa shape index (κ3) is 2.76. The Hall–Kier alpha value is -1.65. The zero-order valence-corrected chi connectivity index (χ0v) is 12.0. The molecule has 0 saturated carbocycles. The summed E-state index contributed by atoms with van der Waals surface area (Å²) in [7, 11) is 2.19. The SMILES string of the molecule is CC1C(NCc2cccc(-c3cnco3)c2)CCN1C. The Bertz CT molecular complexity index is 553. The Morgan fingerprint density at radius 2 is 2.35 bits per heavy atom. The molecule has 0 spiro atoms. The van der Waals surface area contributed by atoms with Gasteiger partial charge in [0.1, 0.15) is 0 Å². The van der Waals surface area contributed by atoms with Crippen molar-refractivity contribution in [3.63, 3.8) is 0 Å². The molecule has 0 bridgehead atoms. The minimum Gasteiger partial charge on any atom is -0.444 e. The Morgan fingerprint density at radius 1 is 1.45 bits per heavy atom. The second-order valence-corrected chi connectivity index (χ2v) is 5.56. The normalized spacial score (nSPS) is 23.3. The molecule has 1 aromatic heterocycles. The topological polar surface area (TPSA) is 41.3 Å². The van der Waals surface area contributed by atoms with E-state index < -0.39 is 0 Å². The molecule has 4 nitrogen and oxygen atoms in total. The molecule has 0 aliphatic carbocycles. The van der Waals surface area contributed by atoms with Crippen LogP contribution in [0.25, 0.3) is 11.3 Å². The van der Waals surface area contributed by atoms with E-state index in [0.29, 0.717) is 12.1 Å². The minimum absolute atomic E-state index is 0.578. The van der Waals surface area contributed by atoms with Gasteiger partial charge in [-0.15, -0.1) is 0 Å². The summed E-state index contributed by atoms with van der Waals surface area (Å²) in [5.74, 6) is 0.820. The number of hydrogen-bond acceptors (Lipinski definition) is 4. The first-order valence-electron chi connectivity index (χ1n) is 7.15. The molecule has 106 valence electrons. The minimum atomic E-state index is 0.578. The summed E-state index contributed by atoms with van der Waals surface area (Å²) in [4.78, 5) is 6.37. The molecule has 1 N–H and O–H groups in total. The van der Waals surface area contributed by atoms with Gasteiger partial charge in [0.2, 0.25) is 0 Å². The summed E-state index contributed by atoms with van der Waals surface area (Å²) in [6.07, 6.45) is 4.44. The third-order valence-electron chi connectivity index (χ3n) is 4.28. The van der Waals surface area contributed by atoms with Crippen molar-refractivity contribution >= 4 is 0 Å². The quantitative estimate of drug-likeness (QED) is 0.927. The van der Waals surface area contributed by atoms with Gasteiger partial charge < -0.3 is 14.6 Å². The van der Waals surface area contributed by atoms with Crippen LogP contribution in [0.2, 0.25) is 0 Å². The number of nitrogens with zero attached hydrogens (tertiary/aromatic N) is 2. The molecule has 2 heterocycles. The summed E-state index contributed by atoms with van der Waals surface area (Å²) < 4.78 is 5.35. The molecule has 2 unspecified atom stereocenters. The first-order valence-corrected chi connectivity index (χ1v) is 7.15. The molecule has 1 aromatic carbocycles. The van der Waals surface area contributed by atoms with E-state index in [1.54, 1.807) is 6.20 Å². The lowest BCUT2D eigenvalue weighted by Crippen LogP contribution is -2.38. The van der Waals surface area contributed by atoms with Gasteiger partial charge in [-0.2, -0.15) is 0 Å². The predicted octanol–water partition coefficient (Wildman–Crippen LogP) is 2.52. The smallest absolute Gasteiger partial charge is 0.181 e. The van der Waals surface area contributed by atoms with Crippen LogP contribution in [0.15, 0.2) is 41.3 Å². The van der Waals surface area contributed by atoms with E-state index in [1.807, 2.05) is 0 Å². The maximum Gasteiger partial charge on any atom is 0.181 e. The molecular formula is C16H21N3O. The van der Waals surface area contributed by atoms with Crippen LogP contribution in [0.5, 0.6) is 0 Å². The van der Waals surface area contributed by atoms with E-state index in [4.69, 9.17) is 4.42 Å². The molecule has 2 aromatic rings. The number of nitrogens with one attached hydrogen (secondary N) is 1. The molecule has 3 rings (SSSR count). The standard InChI is InChI=1S/C16H21N3O/c1-12-15(6-7-19(12)2)18-9-13-4-3-5-14(8-13)16-10-17-11-20-16/h3-5,8,10-12,15,18H,6-7,9H2,1-2H3. The van der Waals surface area contributed by atoms with Gasteiger partial charge in [0, 0.05) is 24.2 Å². The largest absolute Gasteiger partial charge is 0.444 e. The van der Waals surface area contributed by atoms with E-state index >= 15 is 0 Å². The van der Waals surface area contributed by atoms with E-state index in [2.05, 4.69) is 53.4 Å². The zero-order chi connectivity index (χ0) is 13.9. The van der Waals surface area contributed by atoms with Crippen LogP contribution in [0.4, 0.5) is 0 Å². The highest BCUT2D eigenvalue weighted by atomic mass is 16.3. The van der Waals surface area contributed by atoms with Crippen molar-refractivity contribution in [2.24, 2.45) is 0 Å². The molecule has 20 heavy (non-hydrogen) atoms. The van der Waals surface area contributed by atoms with Gasteiger partial charge in [-0.1, -0.05) is 18.2 Å². The summed E-state index contributed by atoms with van der Waals surface area (Å²) in [5, 5.41) is 3.66. The van der Waals surface area contributed by atoms with Gasteiger partial charge in [0.25, 0.3) is 0 Å². The third-order valence-corrected chi connectivity index (χ3v) is 4.28. The van der Waals surface area contributed by atoms with Gasteiger partial charge in [0.05, 0.1) is 6.20 Å². The Labute approximate surface area is 119 Å². The predicted molar refractivity (Wildman–Crippen MR) is 79.3 cm³/mol. The van der Waals surface area contributed by atoms with Gasteiger partial charge in [-0.3, -0.25) is 0 Å². The highest BCUT2D eigenvalue weighted by molar-refractivity contribution is 5.57. The van der Waals surface area contributed by atoms with Gasteiger partial charge in [-0.25, -0.2) is 4.98 Å². The van der Waals surface area contributed by atoms with Crippen LogP contribution in [-0.4, -0.2) is 35.6 Å². The Morgan fingerprint density at radius 3 is 3.05 bits per heavy atom. The second-order valence-electron chi connectivity index (χ2n) is 5.56. The first kappa shape index (κ1) is 13.3. The number of benzene rings is 1. The second kappa shape index (κ2) is 5.77. The highest BCUT2D eigenvalue weighted by Gasteiger charge is 2.27. The summed E-state index contributed by atoms with van der Waals surface area (Å²) in [5.41, 5.74) is 2.36. The van der Waals surface area contributed by atoms with Crippen LogP contribution < -0.4 is 5.32 Å². The van der Waals surface area contributed by atoms with Gasteiger partial charge in [0.15, 0.2) is 12.2 Å². The average Bonchev–Trinajstić information content (AvgIpc) is 3.10. The molecular weight excluding hydrogens is 250 g/mol. The lowest BCUT2D eigenvalue weighted by atomic mass is 10.1. The zero-order valence-electron chi connectivity index (χ0n) is 12.0. The fourth-order valence-corrected chi connectivity index (χ4v) is 2.81. The van der Waals surface area contributed by atoms with Crippen molar-refractivity contribution in [1.29, 1.82) is 0 Å². The van der Waals surface area contributed by atoms with Gasteiger partial charge in [-0.05, 0) is 38.6 Å². The maximum absolute atomic E-state index is 5.35. The van der Waals surface area contributed by atoms with Crippen molar-refractivity contribution in [2.75, 3.05) is 13.6 Å². The van der Waals surface area contributed by atoms with Crippen molar-refractivity contribution in [3.8, 4) is 11.3 Å². The average molecular weight is 271 g/mol. The fourth-order valence-electron chi connectivity index (χ4n) is 2.81. The lowest BCUT2D eigenvalue weighted by Gasteiger charge is -2.21. The van der Waals surface area contributed by atoms with Crippen LogP contribution >= 0.6 is 0 Å². The van der Waals surface area contributed by atoms with Crippen molar-refractivity contribution in [1.82, 2.24) is 15.2 Å². The van der Waals surface area contributed by atoms with E-state index in [1.165, 1.54) is 24.9 Å². The molecule has 1 fully saturated rings. The van der Waals surface area contributed by atoms with E-state index in [9.17, 15) is 0 Å². The van der Waals surface area contributed by atoms with E-state index in [0.717, 1.165) is 17.9 Å². The monoisotopic (exact) mass is 271 g/mol. The molecule has 1 saturated heterocycles. The Kier molecular flexibility index (Phi) is 3.85. The number of rotatable bonds is 4. The van der Waals surface area contributed by atoms with Gasteiger partial charge >= 0.3 is 0 Å². The first-order chi connectivity index (χ1) is 9.74. The number of likely N-dealkylation sites (tertiary alicyclic amines) is 1. The van der Waals surface area contributed by atoms with Crippen LogP contribution in [0.1, 0.15) is 18.9 Å². The number of likely N-dealkylation sites (N-methyl/N-ethyl adjacent to an activating group) is 1. The summed E-state index contributed by atoms with van der Waals surface area (Å²) in [6, 6.07) is 9.61. The molecule has 0 radical (unpaired) electrons.